The van der Waals surface area contributed by atoms with Gasteiger partial charge in [-0.2, -0.15) is 4.98 Å². The van der Waals surface area contributed by atoms with Crippen LogP contribution in [-0.2, 0) is 11.0 Å². The SMILES string of the molecule is COc1cc(N2CCC(N3CCN(C)CC3)CC2)c2cc1Nc1ncc(Br)c(n1)Nc1ccc(cc1P(C)(C)=O)OCCCCCC2. The Morgan fingerprint density at radius 2 is 1.72 bits per heavy atom. The minimum Gasteiger partial charge on any atom is -0.494 e. The number of ether oxygens (including phenoxy) is 2. The van der Waals surface area contributed by atoms with Gasteiger partial charge < -0.3 is 34.5 Å². The zero-order valence-corrected chi connectivity index (χ0v) is 30.7. The third-order valence-corrected chi connectivity index (χ3v) is 11.8. The fraction of sp³-hybridized carbons (Fsp3) is 0.543. The van der Waals surface area contributed by atoms with Crippen LogP contribution in [-0.4, -0.2) is 99.2 Å². The summed E-state index contributed by atoms with van der Waals surface area (Å²) >= 11 is 3.61. The van der Waals surface area contributed by atoms with Crippen LogP contribution in [0.3, 0.4) is 0 Å². The zero-order chi connectivity index (χ0) is 33.0. The van der Waals surface area contributed by atoms with Crippen molar-refractivity contribution < 1.29 is 14.0 Å². The number of piperazine rings is 1. The molecule has 0 spiro atoms. The molecule has 2 aromatic carbocycles. The molecule has 254 valence electrons. The summed E-state index contributed by atoms with van der Waals surface area (Å²) in [7, 11) is 1.32. The number of hydrogen-bond donors (Lipinski definition) is 2. The Morgan fingerprint density at radius 1 is 0.957 bits per heavy atom. The number of likely N-dealkylation sites (N-methyl/N-ethyl adjacent to an activating group) is 1. The number of rotatable bonds is 4. The van der Waals surface area contributed by atoms with Gasteiger partial charge in [0.2, 0.25) is 5.95 Å². The highest BCUT2D eigenvalue weighted by molar-refractivity contribution is 9.10. The van der Waals surface area contributed by atoms with Crippen LogP contribution < -0.4 is 30.3 Å². The predicted octanol–water partition coefficient (Wildman–Crippen LogP) is 6.69. The Morgan fingerprint density at radius 3 is 2.47 bits per heavy atom. The van der Waals surface area contributed by atoms with Crippen molar-refractivity contribution in [2.24, 2.45) is 0 Å². The Balaban J connectivity index is 1.29. The number of nitrogens with one attached hydrogen (secondary N) is 2. The van der Waals surface area contributed by atoms with Crippen LogP contribution in [0, 0.1) is 0 Å². The summed E-state index contributed by atoms with van der Waals surface area (Å²) in [6.07, 6.45) is 9.35. The van der Waals surface area contributed by atoms with E-state index in [0.717, 1.165) is 86.5 Å². The van der Waals surface area contributed by atoms with E-state index in [0.29, 0.717) is 28.9 Å². The predicted molar refractivity (Wildman–Crippen MR) is 197 cm³/mol. The van der Waals surface area contributed by atoms with Crippen LogP contribution >= 0.6 is 23.1 Å². The van der Waals surface area contributed by atoms with E-state index in [-0.39, 0.29) is 0 Å². The second kappa shape index (κ2) is 15.1. The van der Waals surface area contributed by atoms with Gasteiger partial charge in [-0.05, 0) is 98.2 Å². The van der Waals surface area contributed by atoms with Gasteiger partial charge in [-0.25, -0.2) is 4.98 Å². The van der Waals surface area contributed by atoms with E-state index in [4.69, 9.17) is 14.5 Å². The average Bonchev–Trinajstić information content (AvgIpc) is 3.06. The molecule has 12 heteroatoms. The second-order valence-electron chi connectivity index (χ2n) is 13.4. The molecule has 2 saturated heterocycles. The molecule has 2 fully saturated rings. The van der Waals surface area contributed by atoms with Crippen molar-refractivity contribution in [1.82, 2.24) is 19.8 Å². The van der Waals surface area contributed by atoms with Crippen molar-refractivity contribution in [2.75, 3.05) is 88.9 Å². The van der Waals surface area contributed by atoms with E-state index in [9.17, 15) is 4.57 Å². The minimum absolute atomic E-state index is 0.441. The highest BCUT2D eigenvalue weighted by Gasteiger charge is 2.28. The van der Waals surface area contributed by atoms with Gasteiger partial charge in [0, 0.05) is 68.6 Å². The molecule has 5 heterocycles. The van der Waals surface area contributed by atoms with E-state index in [1.807, 2.05) is 18.2 Å². The highest BCUT2D eigenvalue weighted by Crippen LogP contribution is 2.41. The van der Waals surface area contributed by atoms with Gasteiger partial charge in [-0.15, -0.1) is 0 Å². The monoisotopic (exact) mass is 725 g/mol. The first-order chi connectivity index (χ1) is 22.7. The molecule has 2 N–H and O–H groups in total. The van der Waals surface area contributed by atoms with Crippen molar-refractivity contribution in [2.45, 2.75) is 51.0 Å². The largest absolute Gasteiger partial charge is 0.494 e. The van der Waals surface area contributed by atoms with Gasteiger partial charge in [0.1, 0.15) is 24.5 Å². The Labute approximate surface area is 288 Å². The molecule has 7 rings (SSSR count). The molecule has 0 aliphatic carbocycles. The maximum Gasteiger partial charge on any atom is 0.229 e. The lowest BCUT2D eigenvalue weighted by Crippen LogP contribution is -2.52. The van der Waals surface area contributed by atoms with Crippen LogP contribution in [0.1, 0.15) is 44.1 Å². The quantitative estimate of drug-likeness (QED) is 0.283. The summed E-state index contributed by atoms with van der Waals surface area (Å²) < 4.78 is 26.1. The smallest absolute Gasteiger partial charge is 0.229 e. The molecular formula is C35H49BrN7O3P. The topological polar surface area (TPSA) is 95.1 Å². The zero-order valence-electron chi connectivity index (χ0n) is 28.2. The van der Waals surface area contributed by atoms with Crippen LogP contribution in [0.15, 0.2) is 41.0 Å². The molecule has 4 aliphatic heterocycles. The molecule has 4 aliphatic rings. The van der Waals surface area contributed by atoms with E-state index in [1.165, 1.54) is 37.2 Å². The molecule has 0 atom stereocenters. The van der Waals surface area contributed by atoms with Gasteiger partial charge in [0.25, 0.3) is 0 Å². The van der Waals surface area contributed by atoms with Gasteiger partial charge >= 0.3 is 0 Å². The van der Waals surface area contributed by atoms with Crippen molar-refractivity contribution in [3.8, 4) is 11.5 Å². The van der Waals surface area contributed by atoms with Crippen LogP contribution in [0.25, 0.3) is 0 Å². The van der Waals surface area contributed by atoms with E-state index >= 15 is 0 Å². The molecule has 0 amide bonds. The normalized spacial score (nSPS) is 19.1. The third-order valence-electron chi connectivity index (χ3n) is 9.66. The van der Waals surface area contributed by atoms with Crippen LogP contribution in [0.5, 0.6) is 11.5 Å². The molecule has 1 aromatic heterocycles. The molecule has 0 saturated carbocycles. The molecule has 6 bridgehead atoms. The summed E-state index contributed by atoms with van der Waals surface area (Å²) in [5.41, 5.74) is 4.17. The maximum absolute atomic E-state index is 13.3. The van der Waals surface area contributed by atoms with Crippen molar-refractivity contribution in [3.63, 3.8) is 0 Å². The number of piperidine rings is 1. The number of anilines is 5. The number of benzene rings is 2. The molecule has 47 heavy (non-hydrogen) atoms. The molecular weight excluding hydrogens is 677 g/mol. The Bertz CT molecular complexity index is 1590. The maximum atomic E-state index is 13.3. The number of hydrogen-bond acceptors (Lipinski definition) is 10. The highest BCUT2D eigenvalue weighted by atomic mass is 79.9. The molecule has 10 nitrogen and oxygen atoms in total. The van der Waals surface area contributed by atoms with Gasteiger partial charge in [0.05, 0.1) is 29.6 Å². The Hall–Kier alpha value is -2.85. The number of fused-ring (bicyclic) bond motifs is 8. The summed E-state index contributed by atoms with van der Waals surface area (Å²) in [5.74, 6) is 2.52. The van der Waals surface area contributed by atoms with Crippen LogP contribution in [0.4, 0.5) is 28.8 Å². The van der Waals surface area contributed by atoms with E-state index in [2.05, 4.69) is 65.4 Å². The van der Waals surface area contributed by atoms with E-state index < -0.39 is 7.14 Å². The van der Waals surface area contributed by atoms with Crippen LogP contribution in [0.2, 0.25) is 0 Å². The summed E-state index contributed by atoms with van der Waals surface area (Å²) in [4.78, 5) is 17.1. The number of nitrogens with zero attached hydrogens (tertiary/aromatic N) is 5. The minimum atomic E-state index is -2.63. The summed E-state index contributed by atoms with van der Waals surface area (Å²) in [5, 5.41) is 7.58. The first kappa shape index (κ1) is 34.0. The lowest BCUT2D eigenvalue weighted by atomic mass is 9.98. The Kier molecular flexibility index (Phi) is 11.0. The number of halogens is 1. The fourth-order valence-corrected chi connectivity index (χ4v) is 8.35. The first-order valence-electron chi connectivity index (χ1n) is 17.0. The average molecular weight is 727 g/mol. The molecule has 0 radical (unpaired) electrons. The number of aromatic nitrogens is 2. The van der Waals surface area contributed by atoms with Gasteiger partial charge in [-0.1, -0.05) is 12.8 Å². The molecule has 3 aromatic rings. The third kappa shape index (κ3) is 8.42. The molecule has 0 unspecified atom stereocenters. The summed E-state index contributed by atoms with van der Waals surface area (Å²) in [6.45, 7) is 10.9. The van der Waals surface area contributed by atoms with E-state index in [1.54, 1.807) is 26.6 Å². The first-order valence-corrected chi connectivity index (χ1v) is 20.3. The number of aryl methyl sites for hydroxylation is 1. The van der Waals surface area contributed by atoms with Gasteiger partial charge in [0.15, 0.2) is 0 Å². The number of methoxy groups -OCH3 is 1. The fourth-order valence-electron chi connectivity index (χ4n) is 6.91. The standard InChI is InChI=1S/C35H49BrN7O3P/c1-41-16-18-42(19-17-41)26-12-14-43(15-13-26)31-23-32(45-2)30-21-25(31)9-7-5-6-8-20-46-27-10-11-29(33(22-27)47(3,4)44)38-34-28(36)24-37-35(39-30)40-34/h10-11,21-24,26H,5-9,12-20H2,1-4H3,(H2,37,38,39,40). The van der Waals surface area contributed by atoms with Gasteiger partial charge in [-0.3, -0.25) is 4.90 Å². The van der Waals surface area contributed by atoms with Crippen molar-refractivity contribution >= 4 is 57.2 Å². The summed E-state index contributed by atoms with van der Waals surface area (Å²) in [6, 6.07) is 10.8. The second-order valence-corrected chi connectivity index (χ2v) is 17.5. The lowest BCUT2D eigenvalue weighted by Gasteiger charge is -2.43. The van der Waals surface area contributed by atoms with Crippen molar-refractivity contribution in [3.05, 3.63) is 46.6 Å². The van der Waals surface area contributed by atoms with Crippen molar-refractivity contribution in [1.29, 1.82) is 0 Å². The lowest BCUT2D eigenvalue weighted by molar-refractivity contribution is 0.0982.